The van der Waals surface area contributed by atoms with Crippen LogP contribution in [0.1, 0.15) is 17.9 Å². The largest absolute Gasteiger partial charge is 0.497 e. The molecule has 1 aromatic rings. The van der Waals surface area contributed by atoms with Crippen LogP contribution >= 0.6 is 11.8 Å². The highest BCUT2D eigenvalue weighted by Crippen LogP contribution is 2.43. The molecule has 1 heterocycles. The number of nitrogens with zero attached hydrogens (tertiary/aromatic N) is 1. The summed E-state index contributed by atoms with van der Waals surface area (Å²) in [5.41, 5.74) is 1.14. The van der Waals surface area contributed by atoms with Gasteiger partial charge in [0.1, 0.15) is 11.1 Å². The molecule has 2 rings (SSSR count). The summed E-state index contributed by atoms with van der Waals surface area (Å²) in [6.45, 7) is 3.74. The van der Waals surface area contributed by atoms with Gasteiger partial charge in [0, 0.05) is 0 Å². The normalized spacial score (nSPS) is 22.6. The molecule has 1 aliphatic heterocycles. The quantitative estimate of drug-likeness (QED) is 0.872. The third-order valence-electron chi connectivity index (χ3n) is 3.48. The number of carbonyl (C=O) groups is 1. The Balaban J connectivity index is 2.20. The molecule has 5 heteroatoms. The minimum atomic E-state index is 0.0309. The van der Waals surface area contributed by atoms with Gasteiger partial charge in [-0.3, -0.25) is 4.79 Å². The van der Waals surface area contributed by atoms with Crippen molar-refractivity contribution in [2.45, 2.75) is 17.5 Å². The number of rotatable bonds is 5. The minimum absolute atomic E-state index is 0.0309. The molecule has 0 radical (unpaired) electrons. The summed E-state index contributed by atoms with van der Waals surface area (Å²) in [5.74, 6) is 1.08. The van der Waals surface area contributed by atoms with Crippen molar-refractivity contribution < 1.29 is 14.4 Å². The van der Waals surface area contributed by atoms with Gasteiger partial charge in [-0.05, 0) is 24.6 Å². The summed E-state index contributed by atoms with van der Waals surface area (Å²) in [7, 11) is 5.89. The monoisotopic (exact) mass is 295 g/mol. The molecule has 1 amide bonds. The average Bonchev–Trinajstić information content (AvgIpc) is 2.72. The molecular formula is C15H23N2O2S+. The first-order valence-electron chi connectivity index (χ1n) is 6.92. The molecule has 0 saturated carbocycles. The van der Waals surface area contributed by atoms with Gasteiger partial charge in [-0.2, -0.15) is 0 Å². The van der Waals surface area contributed by atoms with Gasteiger partial charge >= 0.3 is 0 Å². The van der Waals surface area contributed by atoms with Crippen LogP contribution in [0.3, 0.4) is 0 Å². The van der Waals surface area contributed by atoms with Gasteiger partial charge in [-0.1, -0.05) is 12.1 Å². The number of benzene rings is 1. The van der Waals surface area contributed by atoms with E-state index in [2.05, 4.69) is 20.2 Å². The summed E-state index contributed by atoms with van der Waals surface area (Å²) in [5, 5.41) is 0.135. The second-order valence-corrected chi connectivity index (χ2v) is 6.82. The number of hydrogen-bond acceptors (Lipinski definition) is 3. The molecule has 1 saturated heterocycles. The molecule has 0 unspecified atom stereocenters. The smallest absolute Gasteiger partial charge is 0.236 e. The van der Waals surface area contributed by atoms with Crippen molar-refractivity contribution in [3.05, 3.63) is 29.8 Å². The molecular weight excluding hydrogens is 272 g/mol. The lowest BCUT2D eigenvalue weighted by molar-refractivity contribution is -0.857. The summed E-state index contributed by atoms with van der Waals surface area (Å²) in [6, 6.07) is 8.01. The summed E-state index contributed by atoms with van der Waals surface area (Å²) < 4.78 is 5.28. The fourth-order valence-electron chi connectivity index (χ4n) is 2.30. The Morgan fingerprint density at radius 3 is 2.80 bits per heavy atom. The zero-order valence-electron chi connectivity index (χ0n) is 12.6. The van der Waals surface area contributed by atoms with Crippen molar-refractivity contribution in [2.24, 2.45) is 0 Å². The van der Waals surface area contributed by atoms with Crippen molar-refractivity contribution in [1.82, 2.24) is 4.90 Å². The molecule has 0 aliphatic carbocycles. The average molecular weight is 295 g/mol. The van der Waals surface area contributed by atoms with E-state index in [0.717, 1.165) is 24.4 Å². The third-order valence-corrected chi connectivity index (χ3v) is 4.87. The maximum absolute atomic E-state index is 12.3. The Labute approximate surface area is 125 Å². The SMILES string of the molecule is COc1cccc([C@H]2S[C@H](C)C(=O)N2CC[NH+](C)C)c1. The Hall–Kier alpha value is -1.20. The lowest BCUT2D eigenvalue weighted by Gasteiger charge is -2.24. The molecule has 1 aliphatic rings. The number of thioether (sulfide) groups is 1. The van der Waals surface area contributed by atoms with Gasteiger partial charge in [0.2, 0.25) is 5.91 Å². The maximum atomic E-state index is 12.3. The molecule has 2 atom stereocenters. The van der Waals surface area contributed by atoms with Gasteiger partial charge in [0.25, 0.3) is 0 Å². The standard InChI is InChI=1S/C15H22N2O2S/c1-11-14(18)17(9-8-16(2)3)15(20-11)12-6-5-7-13(10-12)19-4/h5-7,10-11,15H,8-9H2,1-4H3/p+1/t11-,15-/m1/s1. The van der Waals surface area contributed by atoms with Crippen LogP contribution in [0.25, 0.3) is 0 Å². The number of methoxy groups -OCH3 is 1. The number of likely N-dealkylation sites (N-methyl/N-ethyl adjacent to an activating group) is 1. The van der Waals surface area contributed by atoms with E-state index in [1.54, 1.807) is 18.9 Å². The molecule has 1 aromatic carbocycles. The first-order valence-corrected chi connectivity index (χ1v) is 7.86. The highest BCUT2D eigenvalue weighted by Gasteiger charge is 2.38. The van der Waals surface area contributed by atoms with Gasteiger partial charge in [0.15, 0.2) is 0 Å². The van der Waals surface area contributed by atoms with Crippen LogP contribution in [0.4, 0.5) is 0 Å². The topological polar surface area (TPSA) is 34.0 Å². The zero-order valence-corrected chi connectivity index (χ0v) is 13.4. The second-order valence-electron chi connectivity index (χ2n) is 5.40. The van der Waals surface area contributed by atoms with Crippen LogP contribution in [0.2, 0.25) is 0 Å². The van der Waals surface area contributed by atoms with Crippen molar-refractivity contribution >= 4 is 17.7 Å². The number of quaternary nitrogens is 1. The van der Waals surface area contributed by atoms with Gasteiger partial charge in [-0.25, -0.2) is 0 Å². The van der Waals surface area contributed by atoms with Crippen molar-refractivity contribution in [1.29, 1.82) is 0 Å². The van der Waals surface area contributed by atoms with Crippen molar-refractivity contribution in [3.63, 3.8) is 0 Å². The summed E-state index contributed by atoms with van der Waals surface area (Å²) in [6.07, 6.45) is 0. The Kier molecular flexibility index (Phi) is 4.94. The van der Waals surface area contributed by atoms with Crippen LogP contribution in [0.15, 0.2) is 24.3 Å². The third kappa shape index (κ3) is 3.27. The van der Waals surface area contributed by atoms with Crippen LogP contribution < -0.4 is 9.64 Å². The molecule has 20 heavy (non-hydrogen) atoms. The molecule has 0 bridgehead atoms. The molecule has 1 fully saturated rings. The van der Waals surface area contributed by atoms with Crippen LogP contribution in [0, 0.1) is 0 Å². The summed E-state index contributed by atoms with van der Waals surface area (Å²) >= 11 is 1.72. The fourth-order valence-corrected chi connectivity index (χ4v) is 3.60. The Morgan fingerprint density at radius 2 is 2.15 bits per heavy atom. The number of hydrogen-bond donors (Lipinski definition) is 1. The minimum Gasteiger partial charge on any atom is -0.497 e. The van der Waals surface area contributed by atoms with Crippen molar-refractivity contribution in [3.8, 4) is 5.75 Å². The maximum Gasteiger partial charge on any atom is 0.236 e. The Morgan fingerprint density at radius 1 is 1.40 bits per heavy atom. The molecule has 1 N–H and O–H groups in total. The number of carbonyl (C=O) groups excluding carboxylic acids is 1. The van der Waals surface area contributed by atoms with Gasteiger partial charge in [0.05, 0.1) is 39.5 Å². The summed E-state index contributed by atoms with van der Waals surface area (Å²) in [4.78, 5) is 15.7. The van der Waals surface area contributed by atoms with E-state index in [1.165, 1.54) is 4.90 Å². The van der Waals surface area contributed by atoms with E-state index in [0.29, 0.717) is 0 Å². The zero-order chi connectivity index (χ0) is 14.7. The molecule has 0 spiro atoms. The van der Waals surface area contributed by atoms with Crippen LogP contribution in [0.5, 0.6) is 5.75 Å². The van der Waals surface area contributed by atoms with E-state index in [9.17, 15) is 4.79 Å². The molecule has 110 valence electrons. The second kappa shape index (κ2) is 6.50. The van der Waals surface area contributed by atoms with E-state index in [4.69, 9.17) is 4.74 Å². The number of ether oxygens (including phenoxy) is 1. The predicted octanol–water partition coefficient (Wildman–Crippen LogP) is 0.802. The van der Waals surface area contributed by atoms with Crippen LogP contribution in [-0.4, -0.2) is 50.4 Å². The van der Waals surface area contributed by atoms with Crippen LogP contribution in [-0.2, 0) is 4.79 Å². The number of amides is 1. The van der Waals surface area contributed by atoms with Crippen molar-refractivity contribution in [2.75, 3.05) is 34.3 Å². The number of nitrogens with one attached hydrogen (secondary N) is 1. The van der Waals surface area contributed by atoms with Gasteiger partial charge < -0.3 is 14.5 Å². The predicted molar refractivity (Wildman–Crippen MR) is 82.2 cm³/mol. The highest BCUT2D eigenvalue weighted by atomic mass is 32.2. The molecule has 0 aromatic heterocycles. The highest BCUT2D eigenvalue weighted by molar-refractivity contribution is 8.01. The lowest BCUT2D eigenvalue weighted by Crippen LogP contribution is -3.06. The van der Waals surface area contributed by atoms with E-state index in [1.807, 2.05) is 30.0 Å². The lowest BCUT2D eigenvalue weighted by atomic mass is 10.2. The van der Waals surface area contributed by atoms with E-state index < -0.39 is 0 Å². The fraction of sp³-hybridized carbons (Fsp3) is 0.533. The first-order chi connectivity index (χ1) is 9.52. The van der Waals surface area contributed by atoms with E-state index >= 15 is 0 Å². The van der Waals surface area contributed by atoms with Gasteiger partial charge in [-0.15, -0.1) is 11.8 Å². The molecule has 4 nitrogen and oxygen atoms in total. The van der Waals surface area contributed by atoms with E-state index in [-0.39, 0.29) is 16.5 Å². The Bertz CT molecular complexity index is 479. The first kappa shape index (κ1) is 15.2.